The van der Waals surface area contributed by atoms with Crippen molar-refractivity contribution >= 4 is 12.4 Å². The summed E-state index contributed by atoms with van der Waals surface area (Å²) in [6.45, 7) is 1.55. The fourth-order valence-corrected chi connectivity index (χ4v) is 3.64. The van der Waals surface area contributed by atoms with Gasteiger partial charge in [-0.15, -0.1) is 0 Å². The van der Waals surface area contributed by atoms with E-state index in [4.69, 9.17) is 9.47 Å². The lowest BCUT2D eigenvalue weighted by Gasteiger charge is -2.22. The molecule has 1 aliphatic rings. The van der Waals surface area contributed by atoms with Crippen LogP contribution >= 0.6 is 0 Å². The summed E-state index contributed by atoms with van der Waals surface area (Å²) in [6.07, 6.45) is -1.09. The van der Waals surface area contributed by atoms with Crippen molar-refractivity contribution in [2.24, 2.45) is 0 Å². The molecular formula is C23H17O4. The highest BCUT2D eigenvalue weighted by Crippen LogP contribution is 2.46. The van der Waals surface area contributed by atoms with Crippen LogP contribution < -0.4 is 0 Å². The van der Waals surface area contributed by atoms with E-state index >= 15 is 0 Å². The first-order valence-corrected chi connectivity index (χ1v) is 8.71. The average Bonchev–Trinajstić information content (AvgIpc) is 3.05. The standard InChI is InChI=1S/C23H17O4/c24-15-27-22(23(25)26-14-16-8-2-1-3-9-16)21-19-12-6-4-10-17(19)18-11-5-7-13-20(18)21/h1-13,21-22H,14H2. The van der Waals surface area contributed by atoms with Crippen LogP contribution in [-0.2, 0) is 25.7 Å². The molecule has 3 aromatic carbocycles. The van der Waals surface area contributed by atoms with Crippen LogP contribution in [-0.4, -0.2) is 18.5 Å². The van der Waals surface area contributed by atoms with E-state index in [9.17, 15) is 9.59 Å². The van der Waals surface area contributed by atoms with Crippen molar-refractivity contribution < 1.29 is 19.1 Å². The Hall–Kier alpha value is -3.40. The van der Waals surface area contributed by atoms with Gasteiger partial charge in [-0.1, -0.05) is 78.9 Å². The van der Waals surface area contributed by atoms with Gasteiger partial charge in [0, 0.05) is 0 Å². The Morgan fingerprint density at radius 3 is 2.00 bits per heavy atom. The summed E-state index contributed by atoms with van der Waals surface area (Å²) in [7, 11) is 0. The smallest absolute Gasteiger partial charge is 0.418 e. The number of carbonyl (C=O) groups is 1. The third-order valence-corrected chi connectivity index (χ3v) is 4.82. The zero-order valence-electron chi connectivity index (χ0n) is 14.5. The van der Waals surface area contributed by atoms with E-state index in [1.54, 1.807) is 0 Å². The van der Waals surface area contributed by atoms with Crippen molar-refractivity contribution in [1.29, 1.82) is 0 Å². The highest BCUT2D eigenvalue weighted by molar-refractivity contribution is 5.85. The topological polar surface area (TPSA) is 52.6 Å². The zero-order valence-corrected chi connectivity index (χ0v) is 14.5. The first-order chi connectivity index (χ1) is 13.3. The molecule has 133 valence electrons. The first-order valence-electron chi connectivity index (χ1n) is 8.71. The number of rotatable bonds is 6. The second kappa shape index (κ2) is 7.46. The van der Waals surface area contributed by atoms with Crippen LogP contribution in [0.25, 0.3) is 11.1 Å². The number of ether oxygens (including phenoxy) is 2. The van der Waals surface area contributed by atoms with E-state index in [1.165, 1.54) is 6.47 Å². The lowest BCUT2D eigenvalue weighted by Crippen LogP contribution is -2.32. The van der Waals surface area contributed by atoms with Crippen molar-refractivity contribution in [3.63, 3.8) is 0 Å². The second-order valence-corrected chi connectivity index (χ2v) is 6.37. The predicted octanol–water partition coefficient (Wildman–Crippen LogP) is 3.99. The molecule has 0 saturated carbocycles. The predicted molar refractivity (Wildman–Crippen MR) is 101 cm³/mol. The Balaban J connectivity index is 1.65. The van der Waals surface area contributed by atoms with E-state index in [0.29, 0.717) is 0 Å². The summed E-state index contributed by atoms with van der Waals surface area (Å²) in [5.74, 6) is -0.999. The summed E-state index contributed by atoms with van der Waals surface area (Å²) in [4.78, 5) is 23.8. The number of fused-ring (bicyclic) bond motifs is 3. The fraction of sp³-hybridized carbons (Fsp3) is 0.130. The molecule has 1 unspecified atom stereocenters. The Bertz CT molecular complexity index is 919. The van der Waals surface area contributed by atoms with Crippen LogP contribution in [0.15, 0.2) is 78.9 Å². The minimum Gasteiger partial charge on any atom is -0.458 e. The molecule has 1 aliphatic carbocycles. The zero-order chi connectivity index (χ0) is 18.6. The maximum Gasteiger partial charge on any atom is 0.418 e. The van der Waals surface area contributed by atoms with Crippen LogP contribution in [0.1, 0.15) is 22.6 Å². The summed E-state index contributed by atoms with van der Waals surface area (Å²) in [5, 5.41) is 0. The van der Waals surface area contributed by atoms with Crippen molar-refractivity contribution in [2.75, 3.05) is 0 Å². The molecule has 0 amide bonds. The SMILES string of the molecule is O=[C]OC(C(=O)OCc1ccccc1)C1c2ccccc2-c2ccccc21. The van der Waals surface area contributed by atoms with Crippen LogP contribution in [0.3, 0.4) is 0 Å². The van der Waals surface area contributed by atoms with E-state index in [2.05, 4.69) is 0 Å². The van der Waals surface area contributed by atoms with Gasteiger partial charge in [0.2, 0.25) is 6.10 Å². The maximum absolute atomic E-state index is 12.8. The Kier molecular flexibility index (Phi) is 4.71. The Morgan fingerprint density at radius 1 is 0.852 bits per heavy atom. The molecule has 4 nitrogen and oxygen atoms in total. The molecule has 1 atom stereocenters. The molecule has 0 N–H and O–H groups in total. The Morgan fingerprint density at radius 2 is 1.41 bits per heavy atom. The lowest BCUT2D eigenvalue weighted by molar-refractivity contribution is -0.154. The molecule has 27 heavy (non-hydrogen) atoms. The minimum atomic E-state index is -1.09. The molecule has 0 heterocycles. The van der Waals surface area contributed by atoms with E-state index < -0.39 is 18.0 Å². The van der Waals surface area contributed by atoms with Gasteiger partial charge in [-0.3, -0.25) is 0 Å². The van der Waals surface area contributed by atoms with Gasteiger partial charge in [-0.25, -0.2) is 9.59 Å². The summed E-state index contributed by atoms with van der Waals surface area (Å²) >= 11 is 0. The third kappa shape index (κ3) is 3.22. The van der Waals surface area contributed by atoms with Crippen LogP contribution in [0, 0.1) is 0 Å². The van der Waals surface area contributed by atoms with E-state index in [0.717, 1.165) is 27.8 Å². The Labute approximate surface area is 157 Å². The largest absolute Gasteiger partial charge is 0.458 e. The van der Waals surface area contributed by atoms with Crippen LogP contribution in [0.5, 0.6) is 0 Å². The van der Waals surface area contributed by atoms with Crippen molar-refractivity contribution in [3.05, 3.63) is 95.6 Å². The molecule has 4 rings (SSSR count). The molecule has 0 bridgehead atoms. The lowest BCUT2D eigenvalue weighted by atomic mass is 9.91. The third-order valence-electron chi connectivity index (χ3n) is 4.82. The van der Waals surface area contributed by atoms with Gasteiger partial charge in [0.25, 0.3) is 0 Å². The minimum absolute atomic E-state index is 0.119. The quantitative estimate of drug-likeness (QED) is 0.626. The number of hydrogen-bond donors (Lipinski definition) is 0. The molecule has 0 aliphatic heterocycles. The first kappa shape index (κ1) is 17.0. The molecular weight excluding hydrogens is 340 g/mol. The number of carbonyl (C=O) groups excluding carboxylic acids is 2. The summed E-state index contributed by atoms with van der Waals surface area (Å²) in [5.41, 5.74) is 4.82. The normalized spacial score (nSPS) is 13.3. The van der Waals surface area contributed by atoms with E-state index in [-0.39, 0.29) is 6.61 Å². The van der Waals surface area contributed by atoms with Crippen molar-refractivity contribution in [2.45, 2.75) is 18.6 Å². The maximum atomic E-state index is 12.8. The molecule has 1 radical (unpaired) electrons. The van der Waals surface area contributed by atoms with Crippen LogP contribution in [0.2, 0.25) is 0 Å². The highest BCUT2D eigenvalue weighted by Gasteiger charge is 2.40. The number of benzene rings is 3. The van der Waals surface area contributed by atoms with Gasteiger partial charge in [0.1, 0.15) is 6.61 Å². The van der Waals surface area contributed by atoms with Gasteiger partial charge in [0.05, 0.1) is 5.92 Å². The van der Waals surface area contributed by atoms with Gasteiger partial charge >= 0.3 is 12.4 Å². The van der Waals surface area contributed by atoms with Crippen LogP contribution in [0.4, 0.5) is 0 Å². The molecule has 3 aromatic rings. The number of esters is 1. The van der Waals surface area contributed by atoms with Crippen molar-refractivity contribution in [3.8, 4) is 11.1 Å². The van der Waals surface area contributed by atoms with Gasteiger partial charge in [-0.2, -0.15) is 0 Å². The second-order valence-electron chi connectivity index (χ2n) is 6.37. The summed E-state index contributed by atoms with van der Waals surface area (Å²) < 4.78 is 10.6. The number of hydrogen-bond acceptors (Lipinski definition) is 4. The molecule has 0 spiro atoms. The van der Waals surface area contributed by atoms with Crippen molar-refractivity contribution in [1.82, 2.24) is 0 Å². The molecule has 0 aromatic heterocycles. The van der Waals surface area contributed by atoms with Gasteiger partial charge in [-0.05, 0) is 27.8 Å². The molecule has 4 heteroatoms. The molecule has 0 saturated heterocycles. The molecule has 0 fully saturated rings. The summed E-state index contributed by atoms with van der Waals surface area (Å²) in [6, 6.07) is 25.0. The average molecular weight is 357 g/mol. The fourth-order valence-electron chi connectivity index (χ4n) is 3.64. The van der Waals surface area contributed by atoms with Gasteiger partial charge < -0.3 is 9.47 Å². The van der Waals surface area contributed by atoms with E-state index in [1.807, 2.05) is 78.9 Å². The highest BCUT2D eigenvalue weighted by atomic mass is 16.6. The van der Waals surface area contributed by atoms with Gasteiger partial charge in [0.15, 0.2) is 0 Å². The monoisotopic (exact) mass is 357 g/mol.